The number of carbonyl (C=O) groups excluding carboxylic acids is 2. The van der Waals surface area contributed by atoms with Crippen LogP contribution in [0.2, 0.25) is 0 Å². The average Bonchev–Trinajstić information content (AvgIpc) is 2.68. The normalized spacial score (nSPS) is 11.6. The summed E-state index contributed by atoms with van der Waals surface area (Å²) in [5.41, 5.74) is 2.88. The van der Waals surface area contributed by atoms with Crippen molar-refractivity contribution in [3.05, 3.63) is 59.2 Å². The predicted octanol–water partition coefficient (Wildman–Crippen LogP) is 3.48. The fourth-order valence-electron chi connectivity index (χ4n) is 2.62. The van der Waals surface area contributed by atoms with Crippen molar-refractivity contribution in [3.8, 4) is 5.75 Å². The molecule has 0 aliphatic heterocycles. The minimum absolute atomic E-state index is 0.241. The molecular weight excluding hydrogens is 356 g/mol. The smallest absolute Gasteiger partial charge is 0.265 e. The van der Waals surface area contributed by atoms with Gasteiger partial charge in [0, 0.05) is 20.3 Å². The number of nitrogens with one attached hydrogen (secondary N) is 2. The van der Waals surface area contributed by atoms with Crippen LogP contribution in [0.25, 0.3) is 0 Å². The molecule has 0 heterocycles. The van der Waals surface area contributed by atoms with Crippen LogP contribution in [0.5, 0.6) is 5.75 Å². The third-order valence-electron chi connectivity index (χ3n) is 4.26. The second-order valence-corrected chi connectivity index (χ2v) is 6.67. The molecule has 28 heavy (non-hydrogen) atoms. The predicted molar refractivity (Wildman–Crippen MR) is 110 cm³/mol. The van der Waals surface area contributed by atoms with E-state index in [1.165, 1.54) is 0 Å². The standard InChI is InChI=1S/C22H28N2O4/c1-15-10-11-16(2)20(14-15)28-17(3)21(25)24-19-9-6-5-8-18(19)22(26)23-12-7-13-27-4/h5-6,8-11,14,17H,7,12-13H2,1-4H3,(H,23,26)(H,24,25)/t17-/m0/s1. The Kier molecular flexibility index (Phi) is 8.02. The molecule has 150 valence electrons. The zero-order valence-corrected chi connectivity index (χ0v) is 16.9. The number of amides is 2. The van der Waals surface area contributed by atoms with Gasteiger partial charge in [-0.3, -0.25) is 9.59 Å². The second kappa shape index (κ2) is 10.5. The maximum absolute atomic E-state index is 12.6. The van der Waals surface area contributed by atoms with Crippen molar-refractivity contribution < 1.29 is 19.1 Å². The first-order chi connectivity index (χ1) is 13.4. The zero-order chi connectivity index (χ0) is 20.5. The lowest BCUT2D eigenvalue weighted by molar-refractivity contribution is -0.122. The van der Waals surface area contributed by atoms with E-state index in [-0.39, 0.29) is 11.8 Å². The van der Waals surface area contributed by atoms with Gasteiger partial charge in [-0.15, -0.1) is 0 Å². The molecular formula is C22H28N2O4. The minimum atomic E-state index is -0.710. The van der Waals surface area contributed by atoms with Crippen molar-refractivity contribution in [3.63, 3.8) is 0 Å². The van der Waals surface area contributed by atoms with Crippen LogP contribution in [0.15, 0.2) is 42.5 Å². The summed E-state index contributed by atoms with van der Waals surface area (Å²) in [4.78, 5) is 25.0. The Morgan fingerprint density at radius 2 is 1.86 bits per heavy atom. The lowest BCUT2D eigenvalue weighted by Crippen LogP contribution is -2.32. The van der Waals surface area contributed by atoms with Crippen molar-refractivity contribution in [1.82, 2.24) is 5.32 Å². The molecule has 0 radical (unpaired) electrons. The van der Waals surface area contributed by atoms with E-state index in [2.05, 4.69) is 10.6 Å². The lowest BCUT2D eigenvalue weighted by atomic mass is 10.1. The van der Waals surface area contributed by atoms with Crippen LogP contribution in [-0.2, 0) is 9.53 Å². The molecule has 0 spiro atoms. The number of methoxy groups -OCH3 is 1. The Balaban J connectivity index is 2.03. The molecule has 2 aromatic rings. The number of anilines is 1. The monoisotopic (exact) mass is 384 g/mol. The van der Waals surface area contributed by atoms with Crippen molar-refractivity contribution in [2.75, 3.05) is 25.6 Å². The van der Waals surface area contributed by atoms with Gasteiger partial charge in [-0.05, 0) is 56.5 Å². The number of carbonyl (C=O) groups is 2. The summed E-state index contributed by atoms with van der Waals surface area (Å²) in [6, 6.07) is 12.8. The van der Waals surface area contributed by atoms with E-state index in [0.717, 1.165) is 17.5 Å². The van der Waals surface area contributed by atoms with Crippen molar-refractivity contribution in [1.29, 1.82) is 0 Å². The van der Waals surface area contributed by atoms with E-state index in [4.69, 9.17) is 9.47 Å². The number of hydrogen-bond donors (Lipinski definition) is 2. The van der Waals surface area contributed by atoms with Gasteiger partial charge in [-0.25, -0.2) is 0 Å². The summed E-state index contributed by atoms with van der Waals surface area (Å²) < 4.78 is 10.8. The molecule has 2 amide bonds. The van der Waals surface area contributed by atoms with E-state index in [9.17, 15) is 9.59 Å². The third kappa shape index (κ3) is 6.09. The topological polar surface area (TPSA) is 76.7 Å². The fraction of sp³-hybridized carbons (Fsp3) is 0.364. The van der Waals surface area contributed by atoms with Gasteiger partial charge in [0.05, 0.1) is 11.3 Å². The summed E-state index contributed by atoms with van der Waals surface area (Å²) in [5.74, 6) is 0.113. The molecule has 0 aromatic heterocycles. The van der Waals surface area contributed by atoms with Gasteiger partial charge in [0.25, 0.3) is 11.8 Å². The van der Waals surface area contributed by atoms with Crippen LogP contribution in [0.3, 0.4) is 0 Å². The van der Waals surface area contributed by atoms with E-state index in [1.807, 2.05) is 32.0 Å². The Morgan fingerprint density at radius 3 is 2.61 bits per heavy atom. The van der Waals surface area contributed by atoms with E-state index >= 15 is 0 Å². The van der Waals surface area contributed by atoms with E-state index < -0.39 is 6.10 Å². The van der Waals surface area contributed by atoms with E-state index in [0.29, 0.717) is 30.2 Å². The first-order valence-electron chi connectivity index (χ1n) is 9.33. The van der Waals surface area contributed by atoms with Gasteiger partial charge in [0.2, 0.25) is 0 Å². The molecule has 0 unspecified atom stereocenters. The number of benzene rings is 2. The largest absolute Gasteiger partial charge is 0.481 e. The van der Waals surface area contributed by atoms with Gasteiger partial charge in [-0.2, -0.15) is 0 Å². The lowest BCUT2D eigenvalue weighted by Gasteiger charge is -2.18. The molecule has 6 heteroatoms. The van der Waals surface area contributed by atoms with Crippen LogP contribution in [0, 0.1) is 13.8 Å². The van der Waals surface area contributed by atoms with Crippen LogP contribution in [0.4, 0.5) is 5.69 Å². The van der Waals surface area contributed by atoms with Crippen molar-refractivity contribution in [2.24, 2.45) is 0 Å². The summed E-state index contributed by atoms with van der Waals surface area (Å²) in [5, 5.41) is 5.63. The Morgan fingerprint density at radius 1 is 1.11 bits per heavy atom. The molecule has 6 nitrogen and oxygen atoms in total. The van der Waals surface area contributed by atoms with Gasteiger partial charge in [-0.1, -0.05) is 24.3 Å². The maximum Gasteiger partial charge on any atom is 0.265 e. The quantitative estimate of drug-likeness (QED) is 0.649. The summed E-state index contributed by atoms with van der Waals surface area (Å²) >= 11 is 0. The number of para-hydroxylation sites is 1. The van der Waals surface area contributed by atoms with E-state index in [1.54, 1.807) is 38.3 Å². The van der Waals surface area contributed by atoms with Crippen molar-refractivity contribution >= 4 is 17.5 Å². The third-order valence-corrected chi connectivity index (χ3v) is 4.26. The second-order valence-electron chi connectivity index (χ2n) is 6.67. The fourth-order valence-corrected chi connectivity index (χ4v) is 2.62. The SMILES string of the molecule is COCCCNC(=O)c1ccccc1NC(=O)[C@H](C)Oc1cc(C)ccc1C. The van der Waals surface area contributed by atoms with Gasteiger partial charge < -0.3 is 20.1 Å². The van der Waals surface area contributed by atoms with Crippen LogP contribution in [-0.4, -0.2) is 38.2 Å². The molecule has 0 aliphatic carbocycles. The summed E-state index contributed by atoms with van der Waals surface area (Å²) in [6.07, 6.45) is 0.00984. The average molecular weight is 384 g/mol. The highest BCUT2D eigenvalue weighted by molar-refractivity contribution is 6.04. The summed E-state index contributed by atoms with van der Waals surface area (Å²) in [6.45, 7) is 6.67. The molecule has 2 N–H and O–H groups in total. The molecule has 1 atom stereocenters. The molecule has 0 saturated heterocycles. The van der Waals surface area contributed by atoms with Gasteiger partial charge >= 0.3 is 0 Å². The molecule has 0 aliphatic rings. The first kappa shape index (κ1) is 21.4. The zero-order valence-electron chi connectivity index (χ0n) is 16.9. The number of ether oxygens (including phenoxy) is 2. The Bertz CT molecular complexity index is 820. The molecule has 2 aromatic carbocycles. The molecule has 0 bridgehead atoms. The maximum atomic E-state index is 12.6. The highest BCUT2D eigenvalue weighted by Crippen LogP contribution is 2.21. The Hall–Kier alpha value is -2.86. The van der Waals surface area contributed by atoms with Crippen LogP contribution >= 0.6 is 0 Å². The Labute approximate surface area is 166 Å². The van der Waals surface area contributed by atoms with Crippen LogP contribution < -0.4 is 15.4 Å². The first-order valence-corrected chi connectivity index (χ1v) is 9.33. The van der Waals surface area contributed by atoms with Crippen LogP contribution in [0.1, 0.15) is 34.8 Å². The molecule has 0 saturated carbocycles. The highest BCUT2D eigenvalue weighted by Gasteiger charge is 2.19. The molecule has 2 rings (SSSR count). The number of rotatable bonds is 9. The number of hydrogen-bond acceptors (Lipinski definition) is 4. The van der Waals surface area contributed by atoms with Crippen molar-refractivity contribution in [2.45, 2.75) is 33.3 Å². The molecule has 0 fully saturated rings. The number of aryl methyl sites for hydroxylation is 2. The van der Waals surface area contributed by atoms with Gasteiger partial charge in [0.15, 0.2) is 6.10 Å². The highest BCUT2D eigenvalue weighted by atomic mass is 16.5. The minimum Gasteiger partial charge on any atom is -0.481 e. The van der Waals surface area contributed by atoms with Gasteiger partial charge in [0.1, 0.15) is 5.75 Å². The summed E-state index contributed by atoms with van der Waals surface area (Å²) in [7, 11) is 1.62.